The minimum atomic E-state index is -1.29. The Bertz CT molecular complexity index is 410. The Morgan fingerprint density at radius 2 is 2.05 bits per heavy atom. The first kappa shape index (κ1) is 18.4. The molecule has 0 aliphatic heterocycles. The molecule has 5 heteroatoms. The van der Waals surface area contributed by atoms with Crippen molar-refractivity contribution in [1.29, 1.82) is 0 Å². The molecule has 22 heavy (non-hydrogen) atoms. The average Bonchev–Trinajstić information content (AvgIpc) is 2.53. The van der Waals surface area contributed by atoms with E-state index >= 15 is 0 Å². The number of hydrogen-bond acceptors (Lipinski definition) is 4. The van der Waals surface area contributed by atoms with Crippen LogP contribution in [0.3, 0.4) is 0 Å². The van der Waals surface area contributed by atoms with E-state index in [0.717, 1.165) is 25.7 Å². The van der Waals surface area contributed by atoms with E-state index in [2.05, 4.69) is 11.9 Å². The van der Waals surface area contributed by atoms with Gasteiger partial charge < -0.3 is 14.6 Å². The van der Waals surface area contributed by atoms with Gasteiger partial charge in [-0.2, -0.15) is 0 Å². The Hall–Kier alpha value is -1.62. The third kappa shape index (κ3) is 7.41. The zero-order valence-corrected chi connectivity index (χ0v) is 13.5. The quantitative estimate of drug-likeness (QED) is 0.466. The number of rotatable bonds is 12. The number of carbonyl (C=O) groups is 1. The van der Waals surface area contributed by atoms with Gasteiger partial charge in [-0.1, -0.05) is 46.0 Å². The van der Waals surface area contributed by atoms with Gasteiger partial charge in [0.1, 0.15) is 5.75 Å². The molecule has 124 valence electrons. The molecular formula is C17H27NO4. The molecule has 1 aromatic rings. The van der Waals surface area contributed by atoms with Gasteiger partial charge in [-0.05, 0) is 25.0 Å². The summed E-state index contributed by atoms with van der Waals surface area (Å²) in [7, 11) is 0. The van der Waals surface area contributed by atoms with Gasteiger partial charge >= 0.3 is 5.97 Å². The largest absolute Gasteiger partial charge is 0.477 e. The molecule has 1 N–H and O–H groups in total. The Morgan fingerprint density at radius 1 is 1.27 bits per heavy atom. The molecule has 0 bridgehead atoms. The minimum absolute atomic E-state index is 0.0978. The molecule has 2 unspecified atom stereocenters. The number of aliphatic carboxylic acids is 1. The van der Waals surface area contributed by atoms with E-state index < -0.39 is 12.3 Å². The van der Waals surface area contributed by atoms with E-state index in [1.807, 2.05) is 6.92 Å². The van der Waals surface area contributed by atoms with Crippen molar-refractivity contribution in [3.8, 4) is 5.75 Å². The number of hydrogen-bond donors (Lipinski definition) is 1. The lowest BCUT2D eigenvalue weighted by Crippen LogP contribution is -2.34. The number of carboxylic acid groups (broad SMARTS) is 1. The number of carboxylic acids is 1. The van der Waals surface area contributed by atoms with Crippen LogP contribution in [-0.2, 0) is 9.53 Å². The number of pyridine rings is 1. The predicted octanol–water partition coefficient (Wildman–Crippen LogP) is 4.03. The molecule has 0 saturated heterocycles. The zero-order valence-electron chi connectivity index (χ0n) is 13.5. The summed E-state index contributed by atoms with van der Waals surface area (Å²) >= 11 is 0. The molecule has 0 aliphatic rings. The second-order valence-corrected chi connectivity index (χ2v) is 5.35. The smallest absolute Gasteiger partial charge is 0.373 e. The standard InChI is InChI=1S/C17H27NO4/c1-3-5-6-7-8-10-14(4-2)21-17(16(19)20)22-15-11-9-12-18-13-15/h9,11-14,17H,3-8,10H2,1-2H3,(H,19,20). The second-order valence-electron chi connectivity index (χ2n) is 5.35. The van der Waals surface area contributed by atoms with Crippen molar-refractivity contribution in [1.82, 2.24) is 4.98 Å². The molecule has 0 fully saturated rings. The third-order valence-corrected chi connectivity index (χ3v) is 3.48. The number of ether oxygens (including phenoxy) is 2. The highest BCUT2D eigenvalue weighted by Gasteiger charge is 2.24. The van der Waals surface area contributed by atoms with Crippen molar-refractivity contribution < 1.29 is 19.4 Å². The van der Waals surface area contributed by atoms with Crippen molar-refractivity contribution in [3.05, 3.63) is 24.5 Å². The van der Waals surface area contributed by atoms with E-state index in [4.69, 9.17) is 9.47 Å². The Labute approximate surface area is 132 Å². The van der Waals surface area contributed by atoms with Crippen LogP contribution in [0.15, 0.2) is 24.5 Å². The molecule has 0 amide bonds. The number of aromatic nitrogens is 1. The number of unbranched alkanes of at least 4 members (excludes halogenated alkanes) is 4. The fourth-order valence-corrected chi connectivity index (χ4v) is 2.20. The lowest BCUT2D eigenvalue weighted by Gasteiger charge is -2.22. The SMILES string of the molecule is CCCCCCCC(CC)OC(Oc1cccnc1)C(=O)O. The summed E-state index contributed by atoms with van der Waals surface area (Å²) in [6.07, 6.45) is 9.24. The Morgan fingerprint density at radius 3 is 2.64 bits per heavy atom. The second kappa shape index (κ2) is 11.0. The van der Waals surface area contributed by atoms with E-state index in [9.17, 15) is 9.90 Å². The van der Waals surface area contributed by atoms with Gasteiger partial charge in [-0.25, -0.2) is 4.79 Å². The van der Waals surface area contributed by atoms with Gasteiger partial charge in [-0.3, -0.25) is 4.98 Å². The van der Waals surface area contributed by atoms with Gasteiger partial charge in [0.25, 0.3) is 6.29 Å². The van der Waals surface area contributed by atoms with Crippen molar-refractivity contribution >= 4 is 5.97 Å². The molecule has 0 spiro atoms. The lowest BCUT2D eigenvalue weighted by atomic mass is 10.1. The summed E-state index contributed by atoms with van der Waals surface area (Å²) in [4.78, 5) is 15.2. The molecule has 1 aromatic heterocycles. The van der Waals surface area contributed by atoms with Crippen LogP contribution in [0.25, 0.3) is 0 Å². The first-order valence-corrected chi connectivity index (χ1v) is 8.12. The maximum absolute atomic E-state index is 11.3. The van der Waals surface area contributed by atoms with Gasteiger partial charge in [0, 0.05) is 6.20 Å². The molecule has 0 aliphatic carbocycles. The molecule has 2 atom stereocenters. The van der Waals surface area contributed by atoms with E-state index in [-0.39, 0.29) is 6.10 Å². The van der Waals surface area contributed by atoms with Crippen LogP contribution in [-0.4, -0.2) is 28.5 Å². The molecule has 1 heterocycles. The maximum Gasteiger partial charge on any atom is 0.373 e. The topological polar surface area (TPSA) is 68.7 Å². The van der Waals surface area contributed by atoms with Crippen molar-refractivity contribution in [2.45, 2.75) is 71.2 Å². The van der Waals surface area contributed by atoms with E-state index in [1.165, 1.54) is 25.5 Å². The van der Waals surface area contributed by atoms with Crippen LogP contribution in [0.5, 0.6) is 5.75 Å². The van der Waals surface area contributed by atoms with E-state index in [1.54, 1.807) is 18.3 Å². The van der Waals surface area contributed by atoms with Crippen molar-refractivity contribution in [2.75, 3.05) is 0 Å². The lowest BCUT2D eigenvalue weighted by molar-refractivity contribution is -0.181. The first-order chi connectivity index (χ1) is 10.7. The normalized spacial score (nSPS) is 13.5. The fraction of sp³-hybridized carbons (Fsp3) is 0.647. The maximum atomic E-state index is 11.3. The Balaban J connectivity index is 2.44. The summed E-state index contributed by atoms with van der Waals surface area (Å²) in [5.41, 5.74) is 0. The molecular weight excluding hydrogens is 282 g/mol. The monoisotopic (exact) mass is 309 g/mol. The molecule has 0 aromatic carbocycles. The highest BCUT2D eigenvalue weighted by Crippen LogP contribution is 2.16. The summed E-state index contributed by atoms with van der Waals surface area (Å²) < 4.78 is 11.0. The minimum Gasteiger partial charge on any atom is -0.477 e. The van der Waals surface area contributed by atoms with Gasteiger partial charge in [0.05, 0.1) is 12.3 Å². The highest BCUT2D eigenvalue weighted by atomic mass is 16.7. The average molecular weight is 309 g/mol. The van der Waals surface area contributed by atoms with Crippen LogP contribution in [0.4, 0.5) is 0 Å². The summed E-state index contributed by atoms with van der Waals surface area (Å²) in [5.74, 6) is -0.721. The van der Waals surface area contributed by atoms with E-state index in [0.29, 0.717) is 5.75 Å². The molecule has 5 nitrogen and oxygen atoms in total. The fourth-order valence-electron chi connectivity index (χ4n) is 2.20. The third-order valence-electron chi connectivity index (χ3n) is 3.48. The predicted molar refractivity (Wildman–Crippen MR) is 84.8 cm³/mol. The van der Waals surface area contributed by atoms with Gasteiger partial charge in [-0.15, -0.1) is 0 Å². The summed E-state index contributed by atoms with van der Waals surface area (Å²) in [6.45, 7) is 4.19. The van der Waals surface area contributed by atoms with Crippen LogP contribution in [0.1, 0.15) is 58.8 Å². The van der Waals surface area contributed by atoms with Gasteiger partial charge in [0.2, 0.25) is 0 Å². The number of nitrogens with zero attached hydrogens (tertiary/aromatic N) is 1. The first-order valence-electron chi connectivity index (χ1n) is 8.12. The summed E-state index contributed by atoms with van der Waals surface area (Å²) in [6, 6.07) is 3.36. The Kier molecular flexibility index (Phi) is 9.23. The van der Waals surface area contributed by atoms with Crippen LogP contribution >= 0.6 is 0 Å². The molecule has 0 radical (unpaired) electrons. The zero-order chi connectivity index (χ0) is 16.2. The van der Waals surface area contributed by atoms with Crippen molar-refractivity contribution in [2.24, 2.45) is 0 Å². The van der Waals surface area contributed by atoms with Crippen LogP contribution in [0.2, 0.25) is 0 Å². The summed E-state index contributed by atoms with van der Waals surface area (Å²) in [5, 5.41) is 9.25. The molecule has 0 saturated carbocycles. The van der Waals surface area contributed by atoms with Gasteiger partial charge in [0.15, 0.2) is 0 Å². The van der Waals surface area contributed by atoms with Crippen LogP contribution in [0, 0.1) is 0 Å². The van der Waals surface area contributed by atoms with Crippen molar-refractivity contribution in [3.63, 3.8) is 0 Å². The van der Waals surface area contributed by atoms with Crippen LogP contribution < -0.4 is 4.74 Å². The molecule has 1 rings (SSSR count). The highest BCUT2D eigenvalue weighted by molar-refractivity contribution is 5.71.